The van der Waals surface area contributed by atoms with E-state index in [1.54, 1.807) is 35.1 Å². The predicted molar refractivity (Wildman–Crippen MR) is 77.9 cm³/mol. The van der Waals surface area contributed by atoms with E-state index in [2.05, 4.69) is 10.4 Å². The number of aliphatic hydroxyl groups is 1. The van der Waals surface area contributed by atoms with Crippen LogP contribution in [-0.4, -0.2) is 34.1 Å². The summed E-state index contributed by atoms with van der Waals surface area (Å²) >= 11 is 5.78. The third-order valence-corrected chi connectivity index (χ3v) is 3.12. The fourth-order valence-electron chi connectivity index (χ4n) is 1.72. The quantitative estimate of drug-likeness (QED) is 0.815. The second-order valence-corrected chi connectivity index (χ2v) is 4.93. The SMILES string of the molecule is Cn1nccc1CNCC(O)COc1ccc(Cl)cc1. The van der Waals surface area contributed by atoms with Crippen molar-refractivity contribution in [3.05, 3.63) is 47.2 Å². The fourth-order valence-corrected chi connectivity index (χ4v) is 1.85. The summed E-state index contributed by atoms with van der Waals surface area (Å²) in [6.07, 6.45) is 1.18. The second-order valence-electron chi connectivity index (χ2n) is 4.50. The van der Waals surface area contributed by atoms with Crippen molar-refractivity contribution in [3.8, 4) is 5.75 Å². The number of ether oxygens (including phenoxy) is 1. The van der Waals surface area contributed by atoms with Crippen molar-refractivity contribution in [3.63, 3.8) is 0 Å². The van der Waals surface area contributed by atoms with Crippen LogP contribution in [-0.2, 0) is 13.6 Å². The van der Waals surface area contributed by atoms with E-state index in [9.17, 15) is 5.11 Å². The Labute approximate surface area is 123 Å². The Kier molecular flexibility index (Phi) is 5.40. The number of aliphatic hydroxyl groups excluding tert-OH is 1. The van der Waals surface area contributed by atoms with E-state index in [1.165, 1.54) is 0 Å². The van der Waals surface area contributed by atoms with Gasteiger partial charge in [-0.25, -0.2) is 0 Å². The summed E-state index contributed by atoms with van der Waals surface area (Å²) in [4.78, 5) is 0. The van der Waals surface area contributed by atoms with E-state index in [-0.39, 0.29) is 6.61 Å². The maximum atomic E-state index is 9.83. The van der Waals surface area contributed by atoms with E-state index in [0.717, 1.165) is 5.69 Å². The molecule has 6 heteroatoms. The van der Waals surface area contributed by atoms with Crippen LogP contribution in [0.15, 0.2) is 36.5 Å². The number of aryl methyl sites for hydroxylation is 1. The Bertz CT molecular complexity index is 527. The molecule has 2 rings (SSSR count). The van der Waals surface area contributed by atoms with E-state index in [4.69, 9.17) is 16.3 Å². The van der Waals surface area contributed by atoms with Crippen molar-refractivity contribution in [1.29, 1.82) is 0 Å². The van der Waals surface area contributed by atoms with Crippen LogP contribution in [0.1, 0.15) is 5.69 Å². The van der Waals surface area contributed by atoms with Crippen molar-refractivity contribution < 1.29 is 9.84 Å². The Morgan fingerprint density at radius 1 is 1.35 bits per heavy atom. The Morgan fingerprint density at radius 2 is 2.10 bits per heavy atom. The van der Waals surface area contributed by atoms with Crippen molar-refractivity contribution in [2.75, 3.05) is 13.2 Å². The Morgan fingerprint density at radius 3 is 2.75 bits per heavy atom. The minimum absolute atomic E-state index is 0.236. The fraction of sp³-hybridized carbons (Fsp3) is 0.357. The first-order chi connectivity index (χ1) is 9.65. The van der Waals surface area contributed by atoms with Crippen LogP contribution in [0.5, 0.6) is 5.75 Å². The summed E-state index contributed by atoms with van der Waals surface area (Å²) in [7, 11) is 1.89. The molecule has 5 nitrogen and oxygen atoms in total. The van der Waals surface area contributed by atoms with Gasteiger partial charge in [-0.3, -0.25) is 4.68 Å². The van der Waals surface area contributed by atoms with Gasteiger partial charge in [0, 0.05) is 31.4 Å². The summed E-state index contributed by atoms with van der Waals surface area (Å²) < 4.78 is 7.26. The molecule has 0 aliphatic heterocycles. The van der Waals surface area contributed by atoms with Crippen LogP contribution in [0, 0.1) is 0 Å². The van der Waals surface area contributed by atoms with Crippen LogP contribution >= 0.6 is 11.6 Å². The maximum Gasteiger partial charge on any atom is 0.119 e. The van der Waals surface area contributed by atoms with Crippen molar-refractivity contribution in [2.45, 2.75) is 12.6 Å². The number of nitrogens with one attached hydrogen (secondary N) is 1. The molecule has 1 heterocycles. The third kappa shape index (κ3) is 4.52. The van der Waals surface area contributed by atoms with Gasteiger partial charge in [0.15, 0.2) is 0 Å². The molecule has 0 radical (unpaired) electrons. The lowest BCUT2D eigenvalue weighted by atomic mass is 10.3. The molecular formula is C14H18ClN3O2. The Balaban J connectivity index is 1.66. The second kappa shape index (κ2) is 7.28. The van der Waals surface area contributed by atoms with Crippen LogP contribution in [0.4, 0.5) is 0 Å². The molecule has 1 atom stereocenters. The van der Waals surface area contributed by atoms with Gasteiger partial charge in [-0.2, -0.15) is 5.10 Å². The molecule has 0 aliphatic rings. The van der Waals surface area contributed by atoms with Crippen molar-refractivity contribution in [2.24, 2.45) is 7.05 Å². The molecule has 2 aromatic rings. The van der Waals surface area contributed by atoms with E-state index in [1.807, 2.05) is 13.1 Å². The van der Waals surface area contributed by atoms with Gasteiger partial charge in [0.1, 0.15) is 18.5 Å². The zero-order valence-electron chi connectivity index (χ0n) is 11.3. The molecule has 20 heavy (non-hydrogen) atoms. The number of hydrogen-bond donors (Lipinski definition) is 2. The van der Waals surface area contributed by atoms with Gasteiger partial charge in [0.2, 0.25) is 0 Å². The highest BCUT2D eigenvalue weighted by atomic mass is 35.5. The number of aromatic nitrogens is 2. The monoisotopic (exact) mass is 295 g/mol. The minimum atomic E-state index is -0.570. The van der Waals surface area contributed by atoms with Crippen molar-refractivity contribution in [1.82, 2.24) is 15.1 Å². The molecule has 0 amide bonds. The first kappa shape index (κ1) is 14.8. The highest BCUT2D eigenvalue weighted by Crippen LogP contribution is 2.15. The Hall–Kier alpha value is -1.56. The first-order valence-electron chi connectivity index (χ1n) is 6.39. The van der Waals surface area contributed by atoms with Gasteiger partial charge in [-0.1, -0.05) is 11.6 Å². The van der Waals surface area contributed by atoms with Crippen molar-refractivity contribution >= 4 is 11.6 Å². The zero-order chi connectivity index (χ0) is 14.4. The highest BCUT2D eigenvalue weighted by Gasteiger charge is 2.06. The third-order valence-electron chi connectivity index (χ3n) is 2.86. The maximum absolute atomic E-state index is 9.83. The molecule has 0 saturated heterocycles. The lowest BCUT2D eigenvalue weighted by Gasteiger charge is -2.13. The van der Waals surface area contributed by atoms with Gasteiger partial charge in [0.25, 0.3) is 0 Å². The van der Waals surface area contributed by atoms with Gasteiger partial charge >= 0.3 is 0 Å². The number of benzene rings is 1. The van der Waals surface area contributed by atoms with Crippen LogP contribution < -0.4 is 10.1 Å². The number of rotatable bonds is 7. The average Bonchev–Trinajstić information content (AvgIpc) is 2.84. The van der Waals surface area contributed by atoms with E-state index in [0.29, 0.717) is 23.9 Å². The molecule has 1 unspecified atom stereocenters. The number of halogens is 1. The van der Waals surface area contributed by atoms with Gasteiger partial charge in [-0.05, 0) is 30.3 Å². The molecular weight excluding hydrogens is 278 g/mol. The normalized spacial score (nSPS) is 12.3. The molecule has 1 aromatic heterocycles. The summed E-state index contributed by atoms with van der Waals surface area (Å²) in [5.41, 5.74) is 1.07. The summed E-state index contributed by atoms with van der Waals surface area (Å²) in [5.74, 6) is 0.695. The molecule has 0 fully saturated rings. The summed E-state index contributed by atoms with van der Waals surface area (Å²) in [6, 6.07) is 8.99. The number of nitrogens with zero attached hydrogens (tertiary/aromatic N) is 2. The predicted octanol–water partition coefficient (Wildman–Crippen LogP) is 1.60. The first-order valence-corrected chi connectivity index (χ1v) is 6.77. The molecule has 1 aromatic carbocycles. The van der Waals surface area contributed by atoms with Gasteiger partial charge in [-0.15, -0.1) is 0 Å². The molecule has 0 saturated carbocycles. The topological polar surface area (TPSA) is 59.3 Å². The minimum Gasteiger partial charge on any atom is -0.491 e. The van der Waals surface area contributed by atoms with Gasteiger partial charge < -0.3 is 15.2 Å². The van der Waals surface area contributed by atoms with Crippen LogP contribution in [0.2, 0.25) is 5.02 Å². The highest BCUT2D eigenvalue weighted by molar-refractivity contribution is 6.30. The smallest absolute Gasteiger partial charge is 0.119 e. The summed E-state index contributed by atoms with van der Waals surface area (Å²) in [5, 5.41) is 17.7. The van der Waals surface area contributed by atoms with Crippen LogP contribution in [0.25, 0.3) is 0 Å². The standard InChI is InChI=1S/C14H18ClN3O2/c1-18-12(6-7-17-18)8-16-9-13(19)10-20-14-4-2-11(15)3-5-14/h2-7,13,16,19H,8-10H2,1H3. The largest absolute Gasteiger partial charge is 0.491 e. The lowest BCUT2D eigenvalue weighted by Crippen LogP contribution is -2.31. The molecule has 0 bridgehead atoms. The molecule has 0 spiro atoms. The van der Waals surface area contributed by atoms with E-state index < -0.39 is 6.10 Å². The molecule has 108 valence electrons. The average molecular weight is 296 g/mol. The molecule has 2 N–H and O–H groups in total. The van der Waals surface area contributed by atoms with Gasteiger partial charge in [0.05, 0.1) is 5.69 Å². The van der Waals surface area contributed by atoms with Crippen LogP contribution in [0.3, 0.4) is 0 Å². The summed E-state index contributed by atoms with van der Waals surface area (Å²) in [6.45, 7) is 1.35. The molecule has 0 aliphatic carbocycles. The van der Waals surface area contributed by atoms with E-state index >= 15 is 0 Å². The number of hydrogen-bond acceptors (Lipinski definition) is 4. The zero-order valence-corrected chi connectivity index (χ0v) is 12.0. The lowest BCUT2D eigenvalue weighted by molar-refractivity contribution is 0.106.